The van der Waals surface area contributed by atoms with Crippen LogP contribution in [0, 0.1) is 18.3 Å². The van der Waals surface area contributed by atoms with Crippen molar-refractivity contribution in [2.45, 2.75) is 62.9 Å². The fourth-order valence-corrected chi connectivity index (χ4v) is 4.21. The van der Waals surface area contributed by atoms with Crippen molar-refractivity contribution in [3.05, 3.63) is 23.8 Å². The summed E-state index contributed by atoms with van der Waals surface area (Å²) in [6.07, 6.45) is 13.5. The predicted molar refractivity (Wildman–Crippen MR) is 96.0 cm³/mol. The van der Waals surface area contributed by atoms with Crippen molar-refractivity contribution in [2.75, 3.05) is 7.11 Å². The van der Waals surface area contributed by atoms with Gasteiger partial charge in [0.15, 0.2) is 11.5 Å². The van der Waals surface area contributed by atoms with Crippen LogP contribution in [0.4, 0.5) is 0 Å². The molecule has 2 fully saturated rings. The topological polar surface area (TPSA) is 55.8 Å². The molecule has 0 heterocycles. The van der Waals surface area contributed by atoms with Crippen molar-refractivity contribution in [3.8, 4) is 23.8 Å². The van der Waals surface area contributed by atoms with E-state index in [0.717, 1.165) is 37.0 Å². The average molecular weight is 342 g/mol. The lowest BCUT2D eigenvalue weighted by molar-refractivity contribution is -0.143. The minimum atomic E-state index is -0.754. The van der Waals surface area contributed by atoms with E-state index in [-0.39, 0.29) is 12.0 Å². The summed E-state index contributed by atoms with van der Waals surface area (Å²) >= 11 is 0. The van der Waals surface area contributed by atoms with Crippen LogP contribution in [0.5, 0.6) is 11.5 Å². The van der Waals surface area contributed by atoms with E-state index >= 15 is 0 Å². The number of aliphatic carboxylic acids is 1. The van der Waals surface area contributed by atoms with Gasteiger partial charge in [0.25, 0.3) is 0 Å². The largest absolute Gasteiger partial charge is 0.493 e. The van der Waals surface area contributed by atoms with Crippen LogP contribution in [-0.4, -0.2) is 24.3 Å². The molecule has 2 atom stereocenters. The Balaban J connectivity index is 1.91. The van der Waals surface area contributed by atoms with Crippen LogP contribution in [0.15, 0.2) is 18.2 Å². The van der Waals surface area contributed by atoms with Gasteiger partial charge in [0.1, 0.15) is 0 Å². The predicted octanol–water partition coefficient (Wildman–Crippen LogP) is 4.16. The van der Waals surface area contributed by atoms with Crippen molar-refractivity contribution in [3.63, 3.8) is 0 Å². The van der Waals surface area contributed by atoms with E-state index in [1.165, 1.54) is 12.8 Å². The van der Waals surface area contributed by atoms with Crippen molar-refractivity contribution in [1.82, 2.24) is 0 Å². The highest BCUT2D eigenvalue weighted by atomic mass is 16.5. The SMILES string of the molecule is C#C[C@]1(c2ccc(OC)c(OC3CCCC3)c2)CCC[C@H](C(=O)O)C1. The number of carboxylic acid groups (broad SMARTS) is 1. The zero-order valence-electron chi connectivity index (χ0n) is 14.8. The number of hydrogen-bond acceptors (Lipinski definition) is 3. The Hall–Kier alpha value is -2.15. The second-order valence-corrected chi connectivity index (χ2v) is 7.25. The van der Waals surface area contributed by atoms with Gasteiger partial charge in [-0.3, -0.25) is 4.79 Å². The number of terminal acetylenes is 1. The first kappa shape index (κ1) is 17.7. The van der Waals surface area contributed by atoms with Gasteiger partial charge in [0, 0.05) is 0 Å². The van der Waals surface area contributed by atoms with E-state index in [0.29, 0.717) is 18.6 Å². The zero-order chi connectivity index (χ0) is 17.9. The van der Waals surface area contributed by atoms with Gasteiger partial charge in [-0.2, -0.15) is 0 Å². The molecule has 0 unspecified atom stereocenters. The summed E-state index contributed by atoms with van der Waals surface area (Å²) in [5.41, 5.74) is 0.427. The fourth-order valence-electron chi connectivity index (χ4n) is 4.21. The van der Waals surface area contributed by atoms with Crippen LogP contribution >= 0.6 is 0 Å². The third-order valence-electron chi connectivity index (χ3n) is 5.69. The highest BCUT2D eigenvalue weighted by molar-refractivity contribution is 5.70. The molecular weight excluding hydrogens is 316 g/mol. The minimum Gasteiger partial charge on any atom is -0.493 e. The van der Waals surface area contributed by atoms with Gasteiger partial charge in [-0.15, -0.1) is 6.42 Å². The number of ether oxygens (including phenoxy) is 2. The Morgan fingerprint density at radius 3 is 2.64 bits per heavy atom. The normalized spacial score (nSPS) is 26.8. The van der Waals surface area contributed by atoms with Crippen molar-refractivity contribution in [1.29, 1.82) is 0 Å². The molecule has 0 radical (unpaired) electrons. The number of carboxylic acids is 1. The van der Waals surface area contributed by atoms with Gasteiger partial charge in [-0.25, -0.2) is 0 Å². The van der Waals surface area contributed by atoms with Crippen LogP contribution in [0.3, 0.4) is 0 Å². The Morgan fingerprint density at radius 1 is 1.24 bits per heavy atom. The van der Waals surface area contributed by atoms with Crippen molar-refractivity contribution in [2.24, 2.45) is 5.92 Å². The first-order valence-corrected chi connectivity index (χ1v) is 9.14. The quantitative estimate of drug-likeness (QED) is 0.816. The van der Waals surface area contributed by atoms with Gasteiger partial charge >= 0.3 is 5.97 Å². The highest BCUT2D eigenvalue weighted by Gasteiger charge is 2.39. The maximum atomic E-state index is 11.5. The molecule has 0 saturated heterocycles. The second-order valence-electron chi connectivity index (χ2n) is 7.25. The van der Waals surface area contributed by atoms with Crippen LogP contribution in [0.25, 0.3) is 0 Å². The maximum Gasteiger partial charge on any atom is 0.306 e. The molecule has 134 valence electrons. The summed E-state index contributed by atoms with van der Waals surface area (Å²) in [7, 11) is 1.63. The van der Waals surface area contributed by atoms with E-state index in [4.69, 9.17) is 15.9 Å². The third kappa shape index (κ3) is 3.61. The number of hydrogen-bond donors (Lipinski definition) is 1. The lowest BCUT2D eigenvalue weighted by Gasteiger charge is -2.36. The molecule has 0 amide bonds. The van der Waals surface area contributed by atoms with Crippen LogP contribution in [0.2, 0.25) is 0 Å². The van der Waals surface area contributed by atoms with E-state index in [2.05, 4.69) is 5.92 Å². The summed E-state index contributed by atoms with van der Waals surface area (Å²) in [5, 5.41) is 9.43. The molecule has 1 aromatic rings. The Morgan fingerprint density at radius 2 is 2.00 bits per heavy atom. The van der Waals surface area contributed by atoms with Gasteiger partial charge in [-0.05, 0) is 62.6 Å². The number of benzene rings is 1. The summed E-state index contributed by atoms with van der Waals surface area (Å²) < 4.78 is 11.6. The second kappa shape index (κ2) is 7.39. The van der Waals surface area contributed by atoms with Crippen molar-refractivity contribution >= 4 is 5.97 Å². The monoisotopic (exact) mass is 342 g/mol. The molecule has 25 heavy (non-hydrogen) atoms. The van der Waals surface area contributed by atoms with Gasteiger partial charge in [-0.1, -0.05) is 18.4 Å². The third-order valence-corrected chi connectivity index (χ3v) is 5.69. The molecular formula is C21H26O4. The molecule has 3 rings (SSSR count). The molecule has 0 aromatic heterocycles. The minimum absolute atomic E-state index is 0.226. The first-order chi connectivity index (χ1) is 12.1. The van der Waals surface area contributed by atoms with Gasteiger partial charge in [0.2, 0.25) is 0 Å². The Labute approximate surface area is 149 Å². The first-order valence-electron chi connectivity index (χ1n) is 9.14. The maximum absolute atomic E-state index is 11.5. The molecule has 1 aromatic carbocycles. The standard InChI is InChI=1S/C21H26O4/c1-3-21(12-6-7-15(14-21)20(22)23)16-10-11-18(24-2)19(13-16)25-17-8-4-5-9-17/h1,10-11,13,15,17H,4-9,12,14H2,2H3,(H,22,23)/t15-,21-/m0/s1. The number of methoxy groups -OCH3 is 1. The lowest BCUT2D eigenvalue weighted by atomic mass is 9.66. The molecule has 0 aliphatic heterocycles. The van der Waals surface area contributed by atoms with Crippen LogP contribution in [0.1, 0.15) is 56.9 Å². The molecule has 1 N–H and O–H groups in total. The molecule has 0 spiro atoms. The van der Waals surface area contributed by atoms with Gasteiger partial charge < -0.3 is 14.6 Å². The molecule has 4 nitrogen and oxygen atoms in total. The highest BCUT2D eigenvalue weighted by Crippen LogP contribution is 2.44. The Kier molecular flexibility index (Phi) is 5.22. The lowest BCUT2D eigenvalue weighted by Crippen LogP contribution is -2.34. The molecule has 4 heteroatoms. The molecule has 2 saturated carbocycles. The molecule has 0 bridgehead atoms. The van der Waals surface area contributed by atoms with Crippen LogP contribution < -0.4 is 9.47 Å². The fraction of sp³-hybridized carbons (Fsp3) is 0.571. The Bertz CT molecular complexity index is 669. The number of rotatable bonds is 5. The summed E-state index contributed by atoms with van der Waals surface area (Å²) in [6, 6.07) is 5.83. The van der Waals surface area contributed by atoms with Crippen LogP contribution in [-0.2, 0) is 10.2 Å². The summed E-state index contributed by atoms with van der Waals surface area (Å²) in [5.74, 6) is 3.20. The van der Waals surface area contributed by atoms with E-state index in [1.807, 2.05) is 18.2 Å². The average Bonchev–Trinajstić information content (AvgIpc) is 3.14. The molecule has 2 aliphatic carbocycles. The summed E-state index contributed by atoms with van der Waals surface area (Å²) in [6.45, 7) is 0. The smallest absolute Gasteiger partial charge is 0.306 e. The van der Waals surface area contributed by atoms with E-state index in [9.17, 15) is 9.90 Å². The van der Waals surface area contributed by atoms with E-state index < -0.39 is 11.4 Å². The number of carbonyl (C=O) groups is 1. The zero-order valence-corrected chi connectivity index (χ0v) is 14.8. The van der Waals surface area contributed by atoms with Crippen molar-refractivity contribution < 1.29 is 19.4 Å². The summed E-state index contributed by atoms with van der Waals surface area (Å²) in [4.78, 5) is 11.5. The van der Waals surface area contributed by atoms with E-state index in [1.54, 1.807) is 7.11 Å². The van der Waals surface area contributed by atoms with Gasteiger partial charge in [0.05, 0.1) is 24.5 Å². The molecule has 2 aliphatic rings.